The van der Waals surface area contributed by atoms with E-state index in [0.29, 0.717) is 0 Å². The minimum Gasteiger partial charge on any atom is -0.480 e. The molecule has 0 aliphatic heterocycles. The van der Waals surface area contributed by atoms with E-state index in [4.69, 9.17) is 5.11 Å². The van der Waals surface area contributed by atoms with Gasteiger partial charge in [-0.25, -0.2) is 0 Å². The second-order valence-corrected chi connectivity index (χ2v) is 4.91. The average Bonchev–Trinajstić information content (AvgIpc) is 2.61. The summed E-state index contributed by atoms with van der Waals surface area (Å²) in [6, 6.07) is 0. The molecule has 1 amide bonds. The van der Waals surface area contributed by atoms with E-state index in [1.807, 2.05) is 0 Å². The fourth-order valence-corrected chi connectivity index (χ4v) is 2.88. The maximum Gasteiger partial charge on any atom is 0.323 e. The lowest BCUT2D eigenvalue weighted by molar-refractivity contribution is -0.144. The topological polar surface area (TPSA) is 57.6 Å². The van der Waals surface area contributed by atoms with Crippen molar-refractivity contribution >= 4 is 11.9 Å². The first-order chi connectivity index (χ1) is 7.05. The number of likely N-dealkylation sites (N-methyl/N-ethyl adjacent to an activating group) is 1. The third-order valence-corrected chi connectivity index (χ3v) is 3.84. The number of hydrogen-bond acceptors (Lipinski definition) is 2. The van der Waals surface area contributed by atoms with Crippen molar-refractivity contribution in [2.45, 2.75) is 32.1 Å². The Hall–Kier alpha value is -1.06. The van der Waals surface area contributed by atoms with Crippen molar-refractivity contribution in [2.24, 2.45) is 11.3 Å². The van der Waals surface area contributed by atoms with E-state index in [0.717, 1.165) is 19.3 Å². The zero-order valence-corrected chi connectivity index (χ0v) is 9.03. The van der Waals surface area contributed by atoms with Gasteiger partial charge in [-0.3, -0.25) is 9.59 Å². The number of carboxylic acids is 1. The van der Waals surface area contributed by atoms with Gasteiger partial charge < -0.3 is 10.0 Å². The molecule has 1 spiro atoms. The highest BCUT2D eigenvalue weighted by molar-refractivity contribution is 5.85. The van der Waals surface area contributed by atoms with Crippen LogP contribution < -0.4 is 0 Å². The van der Waals surface area contributed by atoms with Gasteiger partial charge in [0.25, 0.3) is 0 Å². The number of carbonyl (C=O) groups is 2. The largest absolute Gasteiger partial charge is 0.480 e. The van der Waals surface area contributed by atoms with Crippen LogP contribution in [0.2, 0.25) is 0 Å². The summed E-state index contributed by atoms with van der Waals surface area (Å²) in [5.41, 5.74) is 0.268. The molecule has 4 heteroatoms. The molecule has 4 nitrogen and oxygen atoms in total. The molecule has 0 radical (unpaired) electrons. The van der Waals surface area contributed by atoms with Gasteiger partial charge in [0.2, 0.25) is 5.91 Å². The lowest BCUT2D eigenvalue weighted by Crippen LogP contribution is -2.34. The Morgan fingerprint density at radius 1 is 1.40 bits per heavy atom. The van der Waals surface area contributed by atoms with Crippen LogP contribution in [0.4, 0.5) is 0 Å². The number of amides is 1. The molecular weight excluding hydrogens is 194 g/mol. The summed E-state index contributed by atoms with van der Waals surface area (Å²) < 4.78 is 0. The smallest absolute Gasteiger partial charge is 0.323 e. The fourth-order valence-electron chi connectivity index (χ4n) is 2.88. The molecule has 1 unspecified atom stereocenters. The molecule has 0 aromatic rings. The van der Waals surface area contributed by atoms with Gasteiger partial charge in [-0.2, -0.15) is 0 Å². The van der Waals surface area contributed by atoms with Crippen LogP contribution in [-0.4, -0.2) is 35.5 Å². The monoisotopic (exact) mass is 211 g/mol. The number of hydrogen-bond donors (Lipinski definition) is 1. The Balaban J connectivity index is 1.90. The van der Waals surface area contributed by atoms with Crippen molar-refractivity contribution in [1.29, 1.82) is 0 Å². The standard InChI is InChI=1S/C11H17NO3/c1-12(7-9(13)14)10(15)8-6-11(8)4-2-3-5-11/h8H,2-7H2,1H3,(H,13,14). The predicted octanol–water partition coefficient (Wildman–Crippen LogP) is 1.11. The normalized spacial score (nSPS) is 26.6. The van der Waals surface area contributed by atoms with Gasteiger partial charge >= 0.3 is 5.97 Å². The Labute approximate surface area is 89.3 Å². The van der Waals surface area contributed by atoms with E-state index in [-0.39, 0.29) is 23.8 Å². The zero-order chi connectivity index (χ0) is 11.1. The Morgan fingerprint density at radius 3 is 2.53 bits per heavy atom. The van der Waals surface area contributed by atoms with Crippen molar-refractivity contribution in [1.82, 2.24) is 4.90 Å². The summed E-state index contributed by atoms with van der Waals surface area (Å²) in [5, 5.41) is 8.60. The van der Waals surface area contributed by atoms with Crippen molar-refractivity contribution < 1.29 is 14.7 Å². The van der Waals surface area contributed by atoms with E-state index in [1.54, 1.807) is 7.05 Å². The molecule has 15 heavy (non-hydrogen) atoms. The number of aliphatic carboxylic acids is 1. The molecule has 0 heterocycles. The fraction of sp³-hybridized carbons (Fsp3) is 0.818. The second kappa shape index (κ2) is 3.51. The lowest BCUT2D eigenvalue weighted by atomic mass is 10.0. The minimum atomic E-state index is -0.938. The van der Waals surface area contributed by atoms with Crippen LogP contribution in [0.25, 0.3) is 0 Å². The Morgan fingerprint density at radius 2 is 2.00 bits per heavy atom. The molecule has 2 saturated carbocycles. The molecule has 2 aliphatic carbocycles. The average molecular weight is 211 g/mol. The summed E-state index contributed by atoms with van der Waals surface area (Å²) in [5.74, 6) is -0.796. The molecule has 0 aromatic heterocycles. The highest BCUT2D eigenvalue weighted by Crippen LogP contribution is 2.63. The SMILES string of the molecule is CN(CC(=O)O)C(=O)C1CC12CCCC2. The molecule has 2 rings (SSSR count). The van der Waals surface area contributed by atoms with E-state index in [9.17, 15) is 9.59 Å². The van der Waals surface area contributed by atoms with Crippen LogP contribution in [-0.2, 0) is 9.59 Å². The van der Waals surface area contributed by atoms with Crippen LogP contribution in [0.5, 0.6) is 0 Å². The van der Waals surface area contributed by atoms with E-state index < -0.39 is 5.97 Å². The van der Waals surface area contributed by atoms with Crippen molar-refractivity contribution in [3.63, 3.8) is 0 Å². The summed E-state index contributed by atoms with van der Waals surface area (Å²) in [6.07, 6.45) is 5.75. The minimum absolute atomic E-state index is 0.0271. The Kier molecular flexibility index (Phi) is 2.44. The van der Waals surface area contributed by atoms with Gasteiger partial charge in [0.05, 0.1) is 0 Å². The van der Waals surface area contributed by atoms with Gasteiger partial charge in [0, 0.05) is 13.0 Å². The number of nitrogens with zero attached hydrogens (tertiary/aromatic N) is 1. The molecule has 84 valence electrons. The molecule has 2 fully saturated rings. The first-order valence-corrected chi connectivity index (χ1v) is 5.52. The van der Waals surface area contributed by atoms with Crippen LogP contribution in [0.3, 0.4) is 0 Å². The second-order valence-electron chi connectivity index (χ2n) is 4.91. The predicted molar refractivity (Wildman–Crippen MR) is 54.3 cm³/mol. The number of rotatable bonds is 3. The lowest BCUT2D eigenvalue weighted by Gasteiger charge is -2.16. The van der Waals surface area contributed by atoms with Crippen molar-refractivity contribution in [2.75, 3.05) is 13.6 Å². The highest BCUT2D eigenvalue weighted by Gasteiger charge is 2.59. The maximum atomic E-state index is 11.9. The molecule has 0 bridgehead atoms. The zero-order valence-electron chi connectivity index (χ0n) is 9.03. The molecule has 0 aromatic carbocycles. The van der Waals surface area contributed by atoms with E-state index in [1.165, 1.54) is 17.7 Å². The van der Waals surface area contributed by atoms with E-state index >= 15 is 0 Å². The van der Waals surface area contributed by atoms with Crippen LogP contribution >= 0.6 is 0 Å². The van der Waals surface area contributed by atoms with Crippen molar-refractivity contribution in [3.8, 4) is 0 Å². The Bertz CT molecular complexity index is 294. The molecule has 1 atom stereocenters. The third kappa shape index (κ3) is 1.85. The summed E-state index contributed by atoms with van der Waals surface area (Å²) in [7, 11) is 1.58. The van der Waals surface area contributed by atoms with Crippen LogP contribution in [0.1, 0.15) is 32.1 Å². The molecular formula is C11H17NO3. The van der Waals surface area contributed by atoms with Crippen LogP contribution in [0.15, 0.2) is 0 Å². The van der Waals surface area contributed by atoms with Gasteiger partial charge in [0.1, 0.15) is 6.54 Å². The van der Waals surface area contributed by atoms with Crippen LogP contribution in [0, 0.1) is 11.3 Å². The van der Waals surface area contributed by atoms with Crippen molar-refractivity contribution in [3.05, 3.63) is 0 Å². The highest BCUT2D eigenvalue weighted by atomic mass is 16.4. The first kappa shape index (κ1) is 10.5. The van der Waals surface area contributed by atoms with Gasteiger partial charge in [0.15, 0.2) is 0 Å². The number of carbonyl (C=O) groups excluding carboxylic acids is 1. The first-order valence-electron chi connectivity index (χ1n) is 5.52. The third-order valence-electron chi connectivity index (χ3n) is 3.84. The summed E-state index contributed by atoms with van der Waals surface area (Å²) in [4.78, 5) is 23.7. The van der Waals surface area contributed by atoms with E-state index in [2.05, 4.69) is 0 Å². The summed E-state index contributed by atoms with van der Waals surface area (Å²) >= 11 is 0. The molecule has 0 saturated heterocycles. The number of carboxylic acid groups (broad SMARTS) is 1. The molecule has 2 aliphatic rings. The van der Waals surface area contributed by atoms with Gasteiger partial charge in [-0.15, -0.1) is 0 Å². The quantitative estimate of drug-likeness (QED) is 0.760. The van der Waals surface area contributed by atoms with Gasteiger partial charge in [-0.05, 0) is 24.7 Å². The summed E-state index contributed by atoms with van der Waals surface area (Å²) in [6.45, 7) is -0.175. The maximum absolute atomic E-state index is 11.9. The van der Waals surface area contributed by atoms with Gasteiger partial charge in [-0.1, -0.05) is 12.8 Å². The molecule has 1 N–H and O–H groups in total.